The summed E-state index contributed by atoms with van der Waals surface area (Å²) < 4.78 is 26.4. The highest BCUT2D eigenvalue weighted by Gasteiger charge is 2.30. The van der Waals surface area contributed by atoms with Crippen LogP contribution in [0.5, 0.6) is 0 Å². The van der Waals surface area contributed by atoms with E-state index in [1.54, 1.807) is 17.5 Å². The molecule has 2 heterocycles. The van der Waals surface area contributed by atoms with Gasteiger partial charge in [-0.2, -0.15) is 17.0 Å². The number of hydrazine groups is 1. The van der Waals surface area contributed by atoms with Crippen LogP contribution in [0.25, 0.3) is 0 Å². The maximum atomic E-state index is 12.0. The van der Waals surface area contributed by atoms with Crippen LogP contribution >= 0.6 is 11.3 Å². The monoisotopic (exact) mass is 361 g/mol. The maximum absolute atomic E-state index is 12.0. The predicted octanol–water partition coefficient (Wildman–Crippen LogP) is -0.473. The molecule has 1 aromatic heterocycles. The van der Waals surface area contributed by atoms with Gasteiger partial charge < -0.3 is 4.90 Å². The average molecular weight is 361 g/mol. The Balaban J connectivity index is 1.81. The van der Waals surface area contributed by atoms with E-state index in [1.165, 1.54) is 34.6 Å². The van der Waals surface area contributed by atoms with Crippen LogP contribution in [0.3, 0.4) is 0 Å². The second-order valence-corrected chi connectivity index (χ2v) is 8.13. The van der Waals surface area contributed by atoms with Gasteiger partial charge in [0.05, 0.1) is 4.88 Å². The number of hydrogen-bond acceptors (Lipinski definition) is 5. The number of nitrogens with one attached hydrogen (secondary N) is 2. The van der Waals surface area contributed by atoms with E-state index in [0.717, 1.165) is 4.31 Å². The van der Waals surface area contributed by atoms with Crippen LogP contribution < -0.4 is 10.9 Å². The van der Waals surface area contributed by atoms with Gasteiger partial charge in [-0.05, 0) is 11.4 Å². The smallest absolute Gasteiger partial charge is 0.321 e. The first-order valence-electron chi connectivity index (χ1n) is 6.88. The molecule has 1 aliphatic rings. The van der Waals surface area contributed by atoms with Crippen molar-refractivity contribution in [3.63, 3.8) is 0 Å². The van der Waals surface area contributed by atoms with Crippen LogP contribution in [0, 0.1) is 0 Å². The molecule has 0 bridgehead atoms. The van der Waals surface area contributed by atoms with Crippen molar-refractivity contribution in [2.45, 2.75) is 0 Å². The third-order valence-corrected chi connectivity index (χ3v) is 6.15. The lowest BCUT2D eigenvalue weighted by molar-refractivity contribution is 0.0930. The lowest BCUT2D eigenvalue weighted by Gasteiger charge is -2.34. The second-order valence-electron chi connectivity index (χ2n) is 5.04. The molecule has 1 aromatic rings. The summed E-state index contributed by atoms with van der Waals surface area (Å²) >= 11 is 1.27. The van der Waals surface area contributed by atoms with E-state index in [9.17, 15) is 18.0 Å². The molecule has 2 rings (SSSR count). The average Bonchev–Trinajstić information content (AvgIpc) is 3.06. The van der Waals surface area contributed by atoms with Gasteiger partial charge in [-0.3, -0.25) is 10.2 Å². The van der Waals surface area contributed by atoms with Gasteiger partial charge in [0.1, 0.15) is 0 Å². The number of carbonyl (C=O) groups is 2. The van der Waals surface area contributed by atoms with Gasteiger partial charge in [-0.25, -0.2) is 10.2 Å². The topological polar surface area (TPSA) is 102 Å². The van der Waals surface area contributed by atoms with Crippen molar-refractivity contribution >= 4 is 33.5 Å². The van der Waals surface area contributed by atoms with E-state index in [4.69, 9.17) is 0 Å². The molecule has 128 valence electrons. The quantitative estimate of drug-likeness (QED) is 0.710. The molecule has 0 radical (unpaired) electrons. The van der Waals surface area contributed by atoms with E-state index >= 15 is 0 Å². The van der Waals surface area contributed by atoms with Crippen LogP contribution in [-0.2, 0) is 10.2 Å². The molecule has 1 aliphatic heterocycles. The Morgan fingerprint density at radius 2 is 1.83 bits per heavy atom. The summed E-state index contributed by atoms with van der Waals surface area (Å²) in [4.78, 5) is 25.7. The summed E-state index contributed by atoms with van der Waals surface area (Å²) in [5, 5.41) is 1.77. The van der Waals surface area contributed by atoms with Crippen molar-refractivity contribution < 1.29 is 18.0 Å². The van der Waals surface area contributed by atoms with E-state index in [2.05, 4.69) is 10.9 Å². The van der Waals surface area contributed by atoms with E-state index in [-0.39, 0.29) is 32.1 Å². The SMILES string of the molecule is CN(C)S(=O)(=O)N1CCN(C(=O)NNC(=O)c2cccs2)CC1. The number of piperazine rings is 1. The molecule has 11 heteroatoms. The molecule has 23 heavy (non-hydrogen) atoms. The zero-order valence-corrected chi connectivity index (χ0v) is 14.5. The molecule has 9 nitrogen and oxygen atoms in total. The lowest BCUT2D eigenvalue weighted by atomic mass is 10.4. The molecule has 3 amide bonds. The van der Waals surface area contributed by atoms with Crippen LogP contribution in [0.15, 0.2) is 17.5 Å². The number of amides is 3. The van der Waals surface area contributed by atoms with Gasteiger partial charge in [-0.1, -0.05) is 6.07 Å². The molecular weight excluding hydrogens is 342 g/mol. The zero-order valence-electron chi connectivity index (χ0n) is 12.9. The minimum atomic E-state index is -3.46. The summed E-state index contributed by atoms with van der Waals surface area (Å²) in [5.41, 5.74) is 4.66. The fourth-order valence-corrected chi connectivity index (χ4v) is 3.72. The summed E-state index contributed by atoms with van der Waals surface area (Å²) in [6.45, 7) is 0.946. The molecule has 1 saturated heterocycles. The van der Waals surface area contributed by atoms with E-state index < -0.39 is 16.2 Å². The van der Waals surface area contributed by atoms with Gasteiger partial charge in [0.2, 0.25) is 0 Å². The van der Waals surface area contributed by atoms with Crippen LogP contribution in [-0.4, -0.2) is 74.1 Å². The first-order chi connectivity index (χ1) is 10.8. The largest absolute Gasteiger partial charge is 0.336 e. The molecule has 2 N–H and O–H groups in total. The Hall–Kier alpha value is -1.69. The lowest BCUT2D eigenvalue weighted by Crippen LogP contribution is -2.57. The van der Waals surface area contributed by atoms with Crippen molar-refractivity contribution in [3.8, 4) is 0 Å². The minimum Gasteiger partial charge on any atom is -0.321 e. The number of nitrogens with zero attached hydrogens (tertiary/aromatic N) is 3. The van der Waals surface area contributed by atoms with Gasteiger partial charge in [0, 0.05) is 40.3 Å². The normalized spacial score (nSPS) is 16.4. The summed E-state index contributed by atoms with van der Waals surface area (Å²) in [5.74, 6) is -0.387. The minimum absolute atomic E-state index is 0.215. The molecule has 0 aromatic carbocycles. The van der Waals surface area contributed by atoms with Crippen LogP contribution in [0.1, 0.15) is 9.67 Å². The Morgan fingerprint density at radius 1 is 1.17 bits per heavy atom. The molecule has 0 spiro atoms. The summed E-state index contributed by atoms with van der Waals surface area (Å²) in [7, 11) is -0.531. The number of rotatable bonds is 3. The first-order valence-corrected chi connectivity index (χ1v) is 9.16. The Morgan fingerprint density at radius 3 is 2.35 bits per heavy atom. The molecule has 0 unspecified atom stereocenters. The van der Waals surface area contributed by atoms with Gasteiger partial charge in [0.15, 0.2) is 0 Å². The Labute approximate surface area is 139 Å². The van der Waals surface area contributed by atoms with Crippen molar-refractivity contribution in [2.24, 2.45) is 0 Å². The molecule has 0 saturated carbocycles. The Bertz CT molecular complexity index is 651. The van der Waals surface area contributed by atoms with Crippen molar-refractivity contribution in [2.75, 3.05) is 40.3 Å². The maximum Gasteiger partial charge on any atom is 0.336 e. The highest BCUT2D eigenvalue weighted by molar-refractivity contribution is 7.86. The predicted molar refractivity (Wildman–Crippen MR) is 86.1 cm³/mol. The molecule has 0 aliphatic carbocycles. The van der Waals surface area contributed by atoms with E-state index in [1.807, 2.05) is 0 Å². The standard InChI is InChI=1S/C12H19N5O4S2/c1-15(2)23(20,21)17-7-5-16(6-8-17)12(19)14-13-11(18)10-4-3-9-22-10/h3-4,9H,5-8H2,1-2H3,(H,13,18)(H,14,19). The van der Waals surface area contributed by atoms with E-state index in [0.29, 0.717) is 4.88 Å². The second kappa shape index (κ2) is 7.25. The number of hydrogen-bond donors (Lipinski definition) is 2. The van der Waals surface area contributed by atoms with Crippen LogP contribution in [0.4, 0.5) is 4.79 Å². The molecule has 1 fully saturated rings. The highest BCUT2D eigenvalue weighted by Crippen LogP contribution is 2.10. The number of urea groups is 1. The number of thiophene rings is 1. The molecule has 0 atom stereocenters. The Kier molecular flexibility index (Phi) is 5.57. The highest BCUT2D eigenvalue weighted by atomic mass is 32.2. The van der Waals surface area contributed by atoms with Crippen molar-refractivity contribution in [1.29, 1.82) is 0 Å². The van der Waals surface area contributed by atoms with Gasteiger partial charge >= 0.3 is 6.03 Å². The summed E-state index contributed by atoms with van der Waals surface area (Å²) in [6.07, 6.45) is 0. The first kappa shape index (κ1) is 17.7. The third kappa shape index (κ3) is 4.19. The fourth-order valence-electron chi connectivity index (χ4n) is 2.01. The fraction of sp³-hybridized carbons (Fsp3) is 0.500. The van der Waals surface area contributed by atoms with Crippen molar-refractivity contribution in [1.82, 2.24) is 24.4 Å². The third-order valence-electron chi connectivity index (χ3n) is 3.34. The van der Waals surface area contributed by atoms with Crippen molar-refractivity contribution in [3.05, 3.63) is 22.4 Å². The van der Waals surface area contributed by atoms with Crippen LogP contribution in [0.2, 0.25) is 0 Å². The van der Waals surface area contributed by atoms with Gasteiger partial charge in [0.25, 0.3) is 16.1 Å². The number of carbonyl (C=O) groups excluding carboxylic acids is 2. The molecular formula is C12H19N5O4S2. The summed E-state index contributed by atoms with van der Waals surface area (Å²) in [6, 6.07) is 2.93. The van der Waals surface area contributed by atoms with Gasteiger partial charge in [-0.15, -0.1) is 11.3 Å². The zero-order chi connectivity index (χ0) is 17.0.